The van der Waals surface area contributed by atoms with E-state index in [1.165, 1.54) is 0 Å². The summed E-state index contributed by atoms with van der Waals surface area (Å²) in [5.41, 5.74) is 1.15. The van der Waals surface area contributed by atoms with E-state index in [9.17, 15) is 0 Å². The highest BCUT2D eigenvalue weighted by Crippen LogP contribution is 2.29. The van der Waals surface area contributed by atoms with Crippen molar-refractivity contribution in [3.63, 3.8) is 0 Å². The van der Waals surface area contributed by atoms with Crippen LogP contribution in [0.5, 0.6) is 5.75 Å². The molecule has 0 radical (unpaired) electrons. The molecule has 0 aliphatic rings. The highest BCUT2D eigenvalue weighted by atomic mass is 79.9. The zero-order valence-corrected chi connectivity index (χ0v) is 13.7. The van der Waals surface area contributed by atoms with Crippen LogP contribution < -0.4 is 4.74 Å². The van der Waals surface area contributed by atoms with Crippen LogP contribution in [0, 0.1) is 0 Å². The third kappa shape index (κ3) is 3.73. The molecule has 0 amide bonds. The number of rotatable bonds is 4. The van der Waals surface area contributed by atoms with Crippen LogP contribution in [0.4, 0.5) is 0 Å². The zero-order valence-electron chi connectivity index (χ0n) is 9.69. The summed E-state index contributed by atoms with van der Waals surface area (Å²) >= 11 is 8.54. The van der Waals surface area contributed by atoms with Gasteiger partial charge in [0.25, 0.3) is 0 Å². The molecule has 0 N–H and O–H groups in total. The lowest BCUT2D eigenvalue weighted by Crippen LogP contribution is -1.90. The molecule has 1 heterocycles. The summed E-state index contributed by atoms with van der Waals surface area (Å²) < 4.78 is 7.40. The van der Waals surface area contributed by atoms with Crippen LogP contribution >= 0.6 is 43.6 Å². The van der Waals surface area contributed by atoms with Crippen LogP contribution in [-0.4, -0.2) is 12.1 Å². The number of aromatic nitrogens is 1. The first kappa shape index (κ1) is 13.9. The Morgan fingerprint density at radius 1 is 1.17 bits per heavy atom. The van der Waals surface area contributed by atoms with Crippen LogP contribution in [0.3, 0.4) is 0 Å². The Hall–Kier alpha value is -0.520. The second kappa shape index (κ2) is 6.59. The first-order valence-corrected chi connectivity index (χ1v) is 7.83. The third-order valence-electron chi connectivity index (χ3n) is 2.32. The molecule has 0 spiro atoms. The van der Waals surface area contributed by atoms with Crippen LogP contribution in [0.2, 0.25) is 0 Å². The Morgan fingerprint density at radius 2 is 1.94 bits per heavy atom. The Bertz CT molecular complexity index is 531. The van der Waals surface area contributed by atoms with E-state index in [2.05, 4.69) is 42.9 Å². The van der Waals surface area contributed by atoms with Gasteiger partial charge in [0.05, 0.1) is 12.1 Å². The molecule has 0 saturated carbocycles. The average molecular weight is 389 g/mol. The van der Waals surface area contributed by atoms with E-state index in [1.54, 1.807) is 25.1 Å². The van der Waals surface area contributed by atoms with Crippen molar-refractivity contribution < 1.29 is 4.74 Å². The number of ether oxygens (including phenoxy) is 1. The maximum absolute atomic E-state index is 5.35. The smallest absolute Gasteiger partial charge is 0.122 e. The predicted octanol–water partition coefficient (Wildman–Crippen LogP) is 4.91. The monoisotopic (exact) mass is 387 g/mol. The summed E-state index contributed by atoms with van der Waals surface area (Å²) in [5.74, 6) is 1.74. The number of methoxy groups -OCH3 is 1. The van der Waals surface area contributed by atoms with Gasteiger partial charge in [-0.1, -0.05) is 15.9 Å². The SMILES string of the molecule is COc1ccc(Br)cc1CSc1ccc(Br)cn1. The van der Waals surface area contributed by atoms with E-state index in [4.69, 9.17) is 4.74 Å². The molecule has 0 atom stereocenters. The van der Waals surface area contributed by atoms with Gasteiger partial charge < -0.3 is 4.74 Å². The van der Waals surface area contributed by atoms with Crippen LogP contribution in [0.25, 0.3) is 0 Å². The molecule has 2 nitrogen and oxygen atoms in total. The first-order chi connectivity index (χ1) is 8.69. The number of hydrogen-bond acceptors (Lipinski definition) is 3. The quantitative estimate of drug-likeness (QED) is 0.695. The molecule has 5 heteroatoms. The highest BCUT2D eigenvalue weighted by molar-refractivity contribution is 9.10. The fourth-order valence-electron chi connectivity index (χ4n) is 1.46. The van der Waals surface area contributed by atoms with E-state index < -0.39 is 0 Å². The molecular weight excluding hydrogens is 378 g/mol. The number of nitrogens with zero attached hydrogens (tertiary/aromatic N) is 1. The molecule has 0 aliphatic carbocycles. The molecule has 0 unspecified atom stereocenters. The van der Waals surface area contributed by atoms with Gasteiger partial charge in [0.1, 0.15) is 5.75 Å². The molecular formula is C13H11Br2NOS. The lowest BCUT2D eigenvalue weighted by Gasteiger charge is -2.08. The van der Waals surface area contributed by atoms with Crippen molar-refractivity contribution in [1.29, 1.82) is 0 Å². The average Bonchev–Trinajstić information content (AvgIpc) is 2.38. The minimum atomic E-state index is 0.831. The Balaban J connectivity index is 2.09. The lowest BCUT2D eigenvalue weighted by molar-refractivity contribution is 0.411. The predicted molar refractivity (Wildman–Crippen MR) is 82.2 cm³/mol. The maximum Gasteiger partial charge on any atom is 0.122 e. The van der Waals surface area contributed by atoms with Crippen molar-refractivity contribution >= 4 is 43.6 Å². The van der Waals surface area contributed by atoms with Crippen LogP contribution in [0.15, 0.2) is 50.5 Å². The molecule has 0 fully saturated rings. The van der Waals surface area contributed by atoms with Gasteiger partial charge in [-0.2, -0.15) is 0 Å². The van der Waals surface area contributed by atoms with Gasteiger partial charge in [-0.3, -0.25) is 0 Å². The van der Waals surface area contributed by atoms with Crippen molar-refractivity contribution in [3.05, 3.63) is 51.0 Å². The van der Waals surface area contributed by atoms with E-state index in [0.717, 1.165) is 31.0 Å². The van der Waals surface area contributed by atoms with Crippen molar-refractivity contribution in [2.75, 3.05) is 7.11 Å². The highest BCUT2D eigenvalue weighted by Gasteiger charge is 2.05. The van der Waals surface area contributed by atoms with E-state index in [1.807, 2.05) is 24.3 Å². The molecule has 1 aromatic carbocycles. The number of benzene rings is 1. The number of hydrogen-bond donors (Lipinski definition) is 0. The van der Waals surface area contributed by atoms with Crippen LogP contribution in [-0.2, 0) is 5.75 Å². The molecule has 0 aliphatic heterocycles. The molecule has 94 valence electrons. The first-order valence-electron chi connectivity index (χ1n) is 5.26. The fraction of sp³-hybridized carbons (Fsp3) is 0.154. The summed E-state index contributed by atoms with van der Waals surface area (Å²) in [6.07, 6.45) is 1.81. The second-order valence-corrected chi connectivity index (χ2v) is 6.39. The molecule has 2 aromatic rings. The maximum atomic E-state index is 5.35. The minimum absolute atomic E-state index is 0.831. The molecule has 1 aromatic heterocycles. The summed E-state index contributed by atoms with van der Waals surface area (Å²) in [4.78, 5) is 4.33. The van der Waals surface area contributed by atoms with Gasteiger partial charge >= 0.3 is 0 Å². The van der Waals surface area contributed by atoms with Gasteiger partial charge in [0.15, 0.2) is 0 Å². The number of pyridine rings is 1. The van der Waals surface area contributed by atoms with Crippen molar-refractivity contribution in [3.8, 4) is 5.75 Å². The van der Waals surface area contributed by atoms with Gasteiger partial charge in [-0.15, -0.1) is 11.8 Å². The summed E-state index contributed by atoms with van der Waals surface area (Å²) in [7, 11) is 1.69. The summed E-state index contributed by atoms with van der Waals surface area (Å²) in [6, 6.07) is 10.0. The van der Waals surface area contributed by atoms with Crippen molar-refractivity contribution in [2.24, 2.45) is 0 Å². The van der Waals surface area contributed by atoms with Crippen LogP contribution in [0.1, 0.15) is 5.56 Å². The standard InChI is InChI=1S/C13H11Br2NOS/c1-17-12-4-2-10(14)6-9(12)8-18-13-5-3-11(15)7-16-13/h2-7H,8H2,1H3. The van der Waals surface area contributed by atoms with Crippen molar-refractivity contribution in [2.45, 2.75) is 10.8 Å². The zero-order chi connectivity index (χ0) is 13.0. The summed E-state index contributed by atoms with van der Waals surface area (Å²) in [6.45, 7) is 0. The lowest BCUT2D eigenvalue weighted by atomic mass is 10.2. The normalized spacial score (nSPS) is 10.4. The summed E-state index contributed by atoms with van der Waals surface area (Å²) in [5, 5.41) is 1.00. The molecule has 0 bridgehead atoms. The third-order valence-corrected chi connectivity index (χ3v) is 4.27. The van der Waals surface area contributed by atoms with E-state index in [0.29, 0.717) is 0 Å². The van der Waals surface area contributed by atoms with Gasteiger partial charge in [-0.25, -0.2) is 4.98 Å². The number of halogens is 2. The Morgan fingerprint density at radius 3 is 2.61 bits per heavy atom. The minimum Gasteiger partial charge on any atom is -0.496 e. The Kier molecular flexibility index (Phi) is 5.09. The van der Waals surface area contributed by atoms with Gasteiger partial charge in [0.2, 0.25) is 0 Å². The van der Waals surface area contributed by atoms with Gasteiger partial charge in [0, 0.05) is 26.5 Å². The Labute approximate surface area is 127 Å². The number of thioether (sulfide) groups is 1. The second-order valence-electron chi connectivity index (χ2n) is 3.56. The van der Waals surface area contributed by atoms with Gasteiger partial charge in [-0.05, 0) is 46.3 Å². The largest absolute Gasteiger partial charge is 0.496 e. The molecule has 0 saturated heterocycles. The fourth-order valence-corrected chi connectivity index (χ4v) is 2.92. The van der Waals surface area contributed by atoms with E-state index >= 15 is 0 Å². The molecule has 2 rings (SSSR count). The van der Waals surface area contributed by atoms with E-state index in [-0.39, 0.29) is 0 Å². The molecule has 18 heavy (non-hydrogen) atoms. The topological polar surface area (TPSA) is 22.1 Å². The van der Waals surface area contributed by atoms with Crippen molar-refractivity contribution in [1.82, 2.24) is 4.98 Å².